The van der Waals surface area contributed by atoms with Crippen molar-refractivity contribution >= 4 is 10.2 Å². The Morgan fingerprint density at radius 1 is 1.31 bits per heavy atom. The maximum Gasteiger partial charge on any atom is 0.302 e. The van der Waals surface area contributed by atoms with Crippen LogP contribution in [0.15, 0.2) is 0 Å². The largest absolute Gasteiger partial charge is 0.302 e. The van der Waals surface area contributed by atoms with E-state index in [1.807, 2.05) is 0 Å². The molecule has 0 amide bonds. The van der Waals surface area contributed by atoms with Gasteiger partial charge in [0.05, 0.1) is 5.75 Å². The summed E-state index contributed by atoms with van der Waals surface area (Å²) in [6.45, 7) is 6.41. The molecule has 13 heavy (non-hydrogen) atoms. The van der Waals surface area contributed by atoms with E-state index in [-0.39, 0.29) is 17.1 Å². The average molecular weight is 208 g/mol. The normalized spacial score (nSPS) is 29.8. The zero-order chi connectivity index (χ0) is 10.3. The molecule has 0 spiro atoms. The van der Waals surface area contributed by atoms with Gasteiger partial charge in [-0.1, -0.05) is 20.8 Å². The maximum atomic E-state index is 12.3. The van der Waals surface area contributed by atoms with Crippen LogP contribution in [0, 0.1) is 17.3 Å². The Morgan fingerprint density at radius 3 is 2.08 bits per heavy atom. The topological polar surface area (TPSA) is 34.1 Å². The van der Waals surface area contributed by atoms with Gasteiger partial charge in [0, 0.05) is 0 Å². The van der Waals surface area contributed by atoms with E-state index in [9.17, 15) is 12.3 Å². The van der Waals surface area contributed by atoms with Crippen LogP contribution in [0.25, 0.3) is 0 Å². The van der Waals surface area contributed by atoms with Gasteiger partial charge in [-0.15, -0.1) is 3.89 Å². The minimum Gasteiger partial charge on any atom is -0.195 e. The van der Waals surface area contributed by atoms with Crippen LogP contribution in [0.5, 0.6) is 0 Å². The van der Waals surface area contributed by atoms with Crippen molar-refractivity contribution in [1.29, 1.82) is 0 Å². The van der Waals surface area contributed by atoms with Crippen molar-refractivity contribution in [3.05, 3.63) is 0 Å². The van der Waals surface area contributed by atoms with Crippen LogP contribution in [0.4, 0.5) is 3.89 Å². The van der Waals surface area contributed by atoms with Crippen molar-refractivity contribution < 1.29 is 12.3 Å². The summed E-state index contributed by atoms with van der Waals surface area (Å²) in [6.07, 6.45) is 1.71. The van der Waals surface area contributed by atoms with Crippen molar-refractivity contribution in [2.24, 2.45) is 17.3 Å². The first-order chi connectivity index (χ1) is 5.68. The molecule has 1 aliphatic carbocycles. The molecular formula is C9H17FO2S. The molecule has 4 heteroatoms. The van der Waals surface area contributed by atoms with Crippen molar-refractivity contribution in [2.45, 2.75) is 33.6 Å². The van der Waals surface area contributed by atoms with E-state index < -0.39 is 10.2 Å². The van der Waals surface area contributed by atoms with E-state index in [0.717, 1.165) is 12.8 Å². The Hall–Kier alpha value is -0.120. The summed E-state index contributed by atoms with van der Waals surface area (Å²) in [5, 5.41) is 0. The van der Waals surface area contributed by atoms with Crippen LogP contribution in [0.3, 0.4) is 0 Å². The molecule has 1 aliphatic rings. The van der Waals surface area contributed by atoms with Crippen LogP contribution in [0.2, 0.25) is 0 Å². The molecule has 0 radical (unpaired) electrons. The SMILES string of the molecule is CC(C)(C)C1CC(CS(=O)(=O)F)C1. The van der Waals surface area contributed by atoms with Crippen molar-refractivity contribution in [3.63, 3.8) is 0 Å². The lowest BCUT2D eigenvalue weighted by atomic mass is 9.64. The first-order valence-corrected chi connectivity index (χ1v) is 6.16. The van der Waals surface area contributed by atoms with E-state index >= 15 is 0 Å². The van der Waals surface area contributed by atoms with E-state index in [1.54, 1.807) is 0 Å². The monoisotopic (exact) mass is 208 g/mol. The zero-order valence-corrected chi connectivity index (χ0v) is 9.20. The molecular weight excluding hydrogens is 191 g/mol. The first kappa shape index (κ1) is 11.0. The lowest BCUT2D eigenvalue weighted by molar-refractivity contribution is 0.0874. The second-order valence-corrected chi connectivity index (χ2v) is 6.52. The summed E-state index contributed by atoms with van der Waals surface area (Å²) in [5.74, 6) is 0.332. The summed E-state index contributed by atoms with van der Waals surface area (Å²) >= 11 is 0. The maximum absolute atomic E-state index is 12.3. The highest BCUT2D eigenvalue weighted by Gasteiger charge is 2.38. The van der Waals surface area contributed by atoms with Crippen molar-refractivity contribution in [3.8, 4) is 0 Å². The second kappa shape index (κ2) is 3.23. The predicted octanol–water partition coefficient (Wildman–Crippen LogP) is 2.36. The highest BCUT2D eigenvalue weighted by molar-refractivity contribution is 7.86. The Kier molecular flexibility index (Phi) is 2.72. The molecule has 1 rings (SSSR count). The van der Waals surface area contributed by atoms with Gasteiger partial charge in [-0.05, 0) is 30.1 Å². The van der Waals surface area contributed by atoms with Gasteiger partial charge in [0.2, 0.25) is 0 Å². The summed E-state index contributed by atoms with van der Waals surface area (Å²) in [5.41, 5.74) is 0.233. The lowest BCUT2D eigenvalue weighted by Crippen LogP contribution is -2.36. The highest BCUT2D eigenvalue weighted by Crippen LogP contribution is 2.45. The summed E-state index contributed by atoms with van der Waals surface area (Å²) in [4.78, 5) is 0. The third kappa shape index (κ3) is 3.25. The highest BCUT2D eigenvalue weighted by atomic mass is 32.3. The molecule has 0 aromatic heterocycles. The van der Waals surface area contributed by atoms with E-state index in [0.29, 0.717) is 5.92 Å². The first-order valence-electron chi connectivity index (χ1n) is 4.61. The van der Waals surface area contributed by atoms with Gasteiger partial charge in [0.1, 0.15) is 0 Å². The number of hydrogen-bond donors (Lipinski definition) is 0. The van der Waals surface area contributed by atoms with Gasteiger partial charge in [-0.2, -0.15) is 8.42 Å². The quantitative estimate of drug-likeness (QED) is 0.653. The van der Waals surface area contributed by atoms with Gasteiger partial charge in [0.15, 0.2) is 0 Å². The summed E-state index contributed by atoms with van der Waals surface area (Å²) < 4.78 is 32.9. The van der Waals surface area contributed by atoms with Gasteiger partial charge in [-0.25, -0.2) is 0 Å². The van der Waals surface area contributed by atoms with Gasteiger partial charge < -0.3 is 0 Å². The number of hydrogen-bond acceptors (Lipinski definition) is 2. The Bertz CT molecular complexity index is 270. The fourth-order valence-corrected chi connectivity index (χ4v) is 2.70. The van der Waals surface area contributed by atoms with E-state index in [2.05, 4.69) is 20.8 Å². The molecule has 78 valence electrons. The number of rotatable bonds is 2. The van der Waals surface area contributed by atoms with Crippen molar-refractivity contribution in [1.82, 2.24) is 0 Å². The summed E-state index contributed by atoms with van der Waals surface area (Å²) in [7, 11) is -4.25. The molecule has 0 saturated heterocycles. The number of halogens is 1. The van der Waals surface area contributed by atoms with Gasteiger partial charge in [0.25, 0.3) is 0 Å². The minimum atomic E-state index is -4.25. The second-order valence-electron chi connectivity index (χ2n) is 5.11. The van der Waals surface area contributed by atoms with Crippen LogP contribution < -0.4 is 0 Å². The fourth-order valence-electron chi connectivity index (χ4n) is 1.86. The molecule has 0 aromatic carbocycles. The minimum absolute atomic E-state index is 0.0548. The molecule has 1 fully saturated rings. The van der Waals surface area contributed by atoms with Crippen LogP contribution in [-0.4, -0.2) is 14.2 Å². The molecule has 0 heterocycles. The molecule has 0 aromatic rings. The van der Waals surface area contributed by atoms with Gasteiger partial charge in [-0.3, -0.25) is 0 Å². The van der Waals surface area contributed by atoms with Gasteiger partial charge >= 0.3 is 10.2 Å². The van der Waals surface area contributed by atoms with Crippen molar-refractivity contribution in [2.75, 3.05) is 5.75 Å². The molecule has 1 saturated carbocycles. The third-order valence-corrected chi connectivity index (χ3v) is 3.76. The fraction of sp³-hybridized carbons (Fsp3) is 1.00. The van der Waals surface area contributed by atoms with Crippen LogP contribution in [0.1, 0.15) is 33.6 Å². The Labute approximate surface area is 79.7 Å². The smallest absolute Gasteiger partial charge is 0.195 e. The van der Waals surface area contributed by atoms with Crippen LogP contribution in [-0.2, 0) is 10.2 Å². The Balaban J connectivity index is 2.35. The molecule has 0 bridgehead atoms. The molecule has 2 nitrogen and oxygen atoms in total. The van der Waals surface area contributed by atoms with E-state index in [1.165, 1.54) is 0 Å². The Morgan fingerprint density at radius 2 is 1.77 bits per heavy atom. The van der Waals surface area contributed by atoms with E-state index in [4.69, 9.17) is 0 Å². The summed E-state index contributed by atoms with van der Waals surface area (Å²) in [6, 6.07) is 0. The van der Waals surface area contributed by atoms with Crippen LogP contribution >= 0.6 is 0 Å². The zero-order valence-electron chi connectivity index (χ0n) is 8.38. The third-order valence-electron chi connectivity index (χ3n) is 2.90. The predicted molar refractivity (Wildman–Crippen MR) is 50.6 cm³/mol. The standard InChI is InChI=1S/C9H17FO2S/c1-9(2,3)8-4-7(5-8)6-13(10,11)12/h7-8H,4-6H2,1-3H3. The lowest BCUT2D eigenvalue weighted by Gasteiger charge is -2.43. The molecule has 0 atom stereocenters. The molecule has 0 aliphatic heterocycles. The molecule has 0 unspecified atom stereocenters. The molecule has 0 N–H and O–H groups in total. The average Bonchev–Trinajstić information content (AvgIpc) is 1.71.